The van der Waals surface area contributed by atoms with Crippen molar-refractivity contribution in [2.75, 3.05) is 69.5 Å². The van der Waals surface area contributed by atoms with E-state index < -0.39 is 0 Å². The molecule has 3 fully saturated rings. The lowest BCUT2D eigenvalue weighted by Gasteiger charge is -2.32. The van der Waals surface area contributed by atoms with Gasteiger partial charge in [0.25, 0.3) is 11.8 Å². The van der Waals surface area contributed by atoms with E-state index in [1.165, 1.54) is 0 Å². The molecule has 12 nitrogen and oxygen atoms in total. The summed E-state index contributed by atoms with van der Waals surface area (Å²) in [6.07, 6.45) is 4.26. The highest BCUT2D eigenvalue weighted by molar-refractivity contribution is 6.07. The Labute approximate surface area is 251 Å². The van der Waals surface area contributed by atoms with Crippen LogP contribution in [0.1, 0.15) is 52.8 Å². The smallest absolute Gasteiger partial charge is 0.320 e. The molecule has 0 atom stereocenters. The third-order valence-corrected chi connectivity index (χ3v) is 8.64. The van der Waals surface area contributed by atoms with Gasteiger partial charge in [-0.15, -0.1) is 0 Å². The van der Waals surface area contributed by atoms with Crippen LogP contribution in [-0.2, 0) is 4.74 Å². The third kappa shape index (κ3) is 6.80. The van der Waals surface area contributed by atoms with Crippen LogP contribution in [0.15, 0.2) is 36.4 Å². The number of carbonyl (C=O) groups excluding carboxylic acids is 3. The van der Waals surface area contributed by atoms with Gasteiger partial charge in [0.1, 0.15) is 0 Å². The molecule has 3 heterocycles. The number of rotatable bonds is 5. The Morgan fingerprint density at radius 1 is 0.767 bits per heavy atom. The SMILES string of the molecule is NC1CCC(NC(=O)c2ccc(N3CCCN(C(=O)N4CCOCC4)CC3)c(NC(=O)c3ccc4c(c3)OCO4)c2)CC1. The Kier molecular flexibility index (Phi) is 8.85. The van der Waals surface area contributed by atoms with E-state index in [1.54, 1.807) is 30.3 Å². The minimum absolute atomic E-state index is 0.0390. The van der Waals surface area contributed by atoms with E-state index in [0.29, 0.717) is 80.8 Å². The van der Waals surface area contributed by atoms with E-state index in [1.807, 2.05) is 15.9 Å². The van der Waals surface area contributed by atoms with Gasteiger partial charge in [0.2, 0.25) is 6.79 Å². The average Bonchev–Trinajstić information content (AvgIpc) is 3.37. The lowest BCUT2D eigenvalue weighted by molar-refractivity contribution is 0.0438. The standard InChI is InChI=1S/C31H40N6O6/c32-23-4-6-24(7-5-23)33-29(38)21-2-8-26(25(18-21)34-30(39)22-3-9-27-28(19-22)43-20-42-27)35-10-1-11-36(13-12-35)31(40)37-14-16-41-17-15-37/h2-3,8-9,18-19,23-24H,1,4-7,10-17,20,32H2,(H,33,38)(H,34,39). The maximum Gasteiger partial charge on any atom is 0.320 e. The van der Waals surface area contributed by atoms with Crippen molar-refractivity contribution in [2.24, 2.45) is 5.73 Å². The first kappa shape index (κ1) is 29.1. The number of nitrogens with one attached hydrogen (secondary N) is 2. The predicted molar refractivity (Wildman–Crippen MR) is 161 cm³/mol. The first-order valence-electron chi connectivity index (χ1n) is 15.2. The van der Waals surface area contributed by atoms with Crippen LogP contribution in [0, 0.1) is 0 Å². The lowest BCUT2D eigenvalue weighted by atomic mass is 9.91. The van der Waals surface area contributed by atoms with Crippen LogP contribution >= 0.6 is 0 Å². The summed E-state index contributed by atoms with van der Waals surface area (Å²) in [5.41, 5.74) is 8.27. The molecule has 2 aromatic carbocycles. The molecule has 1 saturated carbocycles. The van der Waals surface area contributed by atoms with E-state index in [0.717, 1.165) is 37.8 Å². The largest absolute Gasteiger partial charge is 0.454 e. The Balaban J connectivity index is 1.21. The number of urea groups is 1. The van der Waals surface area contributed by atoms with E-state index >= 15 is 0 Å². The molecule has 4 amide bonds. The molecule has 0 spiro atoms. The molecular formula is C31H40N6O6. The zero-order chi connectivity index (χ0) is 29.8. The van der Waals surface area contributed by atoms with E-state index in [-0.39, 0.29) is 36.7 Å². The Morgan fingerprint density at radius 2 is 1.49 bits per heavy atom. The summed E-state index contributed by atoms with van der Waals surface area (Å²) in [6.45, 7) is 4.95. The first-order valence-corrected chi connectivity index (χ1v) is 15.2. The van der Waals surface area contributed by atoms with Gasteiger partial charge in [-0.25, -0.2) is 4.79 Å². The van der Waals surface area contributed by atoms with Crippen molar-refractivity contribution in [3.05, 3.63) is 47.5 Å². The van der Waals surface area contributed by atoms with Crippen molar-refractivity contribution in [1.29, 1.82) is 0 Å². The molecule has 4 aliphatic rings. The number of amides is 4. The second-order valence-electron chi connectivity index (χ2n) is 11.5. The highest BCUT2D eigenvalue weighted by atomic mass is 16.7. The molecule has 2 saturated heterocycles. The first-order chi connectivity index (χ1) is 20.9. The summed E-state index contributed by atoms with van der Waals surface area (Å²) in [5.74, 6) is 0.618. The number of anilines is 2. The minimum atomic E-state index is -0.322. The molecular weight excluding hydrogens is 552 g/mol. The third-order valence-electron chi connectivity index (χ3n) is 8.64. The van der Waals surface area contributed by atoms with Crippen LogP contribution in [0.3, 0.4) is 0 Å². The second-order valence-corrected chi connectivity index (χ2v) is 11.5. The predicted octanol–water partition coefficient (Wildman–Crippen LogP) is 2.63. The van der Waals surface area contributed by atoms with Gasteiger partial charge in [-0.05, 0) is 68.5 Å². The Hall–Kier alpha value is -4.03. The summed E-state index contributed by atoms with van der Waals surface area (Å²) >= 11 is 0. The van der Waals surface area contributed by atoms with Gasteiger partial charge in [-0.1, -0.05) is 0 Å². The maximum absolute atomic E-state index is 13.5. The zero-order valence-corrected chi connectivity index (χ0v) is 24.4. The van der Waals surface area contributed by atoms with Crippen LogP contribution in [0.2, 0.25) is 0 Å². The van der Waals surface area contributed by atoms with Gasteiger partial charge in [0, 0.05) is 62.5 Å². The molecule has 4 N–H and O–H groups in total. The summed E-state index contributed by atoms with van der Waals surface area (Å²) in [4.78, 5) is 45.8. The highest BCUT2D eigenvalue weighted by Gasteiger charge is 2.27. The van der Waals surface area contributed by atoms with Gasteiger partial charge in [-0.3, -0.25) is 9.59 Å². The molecule has 0 bridgehead atoms. The van der Waals surface area contributed by atoms with E-state index in [4.69, 9.17) is 19.9 Å². The van der Waals surface area contributed by atoms with Gasteiger partial charge >= 0.3 is 6.03 Å². The quantitative estimate of drug-likeness (QED) is 0.482. The van der Waals surface area contributed by atoms with Crippen molar-refractivity contribution in [3.8, 4) is 11.5 Å². The molecule has 0 unspecified atom stereocenters. The van der Waals surface area contributed by atoms with Crippen LogP contribution in [0.5, 0.6) is 11.5 Å². The Morgan fingerprint density at radius 3 is 2.30 bits per heavy atom. The number of fused-ring (bicyclic) bond motifs is 1. The lowest BCUT2D eigenvalue weighted by Crippen LogP contribution is -2.49. The number of nitrogens with two attached hydrogens (primary N) is 1. The topological polar surface area (TPSA) is 139 Å². The van der Waals surface area contributed by atoms with Crippen molar-refractivity contribution in [1.82, 2.24) is 15.1 Å². The van der Waals surface area contributed by atoms with Crippen molar-refractivity contribution < 1.29 is 28.6 Å². The minimum Gasteiger partial charge on any atom is -0.454 e. The number of morpholine rings is 1. The van der Waals surface area contributed by atoms with Crippen LogP contribution < -0.4 is 30.7 Å². The normalized spacial score (nSPS) is 22.1. The van der Waals surface area contributed by atoms with Gasteiger partial charge < -0.3 is 45.3 Å². The van der Waals surface area contributed by atoms with Gasteiger partial charge in [-0.2, -0.15) is 0 Å². The molecule has 43 heavy (non-hydrogen) atoms. The molecule has 0 aromatic heterocycles. The highest BCUT2D eigenvalue weighted by Crippen LogP contribution is 2.34. The summed E-state index contributed by atoms with van der Waals surface area (Å²) in [5, 5.41) is 6.20. The molecule has 6 rings (SSSR count). The summed E-state index contributed by atoms with van der Waals surface area (Å²) in [6, 6.07) is 10.8. The fourth-order valence-corrected chi connectivity index (χ4v) is 6.12. The van der Waals surface area contributed by atoms with E-state index in [9.17, 15) is 14.4 Å². The fourth-order valence-electron chi connectivity index (χ4n) is 6.12. The average molecular weight is 593 g/mol. The number of hydrogen-bond acceptors (Lipinski definition) is 8. The molecule has 12 heteroatoms. The Bertz CT molecular complexity index is 1340. The zero-order valence-electron chi connectivity index (χ0n) is 24.4. The molecule has 230 valence electrons. The number of benzene rings is 2. The molecule has 3 aliphatic heterocycles. The second kappa shape index (κ2) is 13.1. The van der Waals surface area contributed by atoms with Crippen molar-refractivity contribution in [3.63, 3.8) is 0 Å². The van der Waals surface area contributed by atoms with Crippen LogP contribution in [0.25, 0.3) is 0 Å². The molecule has 1 aliphatic carbocycles. The van der Waals surface area contributed by atoms with Gasteiger partial charge in [0.05, 0.1) is 24.6 Å². The fraction of sp³-hybridized carbons (Fsp3) is 0.516. The number of carbonyl (C=O) groups is 3. The van der Waals surface area contributed by atoms with E-state index in [2.05, 4.69) is 15.5 Å². The van der Waals surface area contributed by atoms with Crippen molar-refractivity contribution >= 4 is 29.2 Å². The molecule has 0 radical (unpaired) electrons. The number of nitrogens with zero attached hydrogens (tertiary/aromatic N) is 3. The van der Waals surface area contributed by atoms with Crippen LogP contribution in [0.4, 0.5) is 16.2 Å². The number of ether oxygens (including phenoxy) is 3. The monoisotopic (exact) mass is 592 g/mol. The van der Waals surface area contributed by atoms with Crippen molar-refractivity contribution in [2.45, 2.75) is 44.2 Å². The number of hydrogen-bond donors (Lipinski definition) is 3. The summed E-state index contributed by atoms with van der Waals surface area (Å²) in [7, 11) is 0. The van der Waals surface area contributed by atoms with Crippen LogP contribution in [-0.4, -0.2) is 99.0 Å². The van der Waals surface area contributed by atoms with Gasteiger partial charge in [0.15, 0.2) is 11.5 Å². The summed E-state index contributed by atoms with van der Waals surface area (Å²) < 4.78 is 16.3. The molecule has 2 aromatic rings. The maximum atomic E-state index is 13.5.